The number of benzene rings is 1. The molecule has 0 radical (unpaired) electrons. The lowest BCUT2D eigenvalue weighted by molar-refractivity contribution is 0.0797. The van der Waals surface area contributed by atoms with Gasteiger partial charge < -0.3 is 4.74 Å². The van der Waals surface area contributed by atoms with Crippen LogP contribution in [0.5, 0.6) is 0 Å². The SMILES string of the molecule is Cc1c(N(C(=O)OC2CCCCC2)C(C)C)c(=O)n(-c2ccccc2)n1C. The number of hydrogen-bond donors (Lipinski definition) is 0. The maximum absolute atomic E-state index is 13.2. The Morgan fingerprint density at radius 2 is 1.78 bits per heavy atom. The molecule has 0 spiro atoms. The molecule has 0 bridgehead atoms. The van der Waals surface area contributed by atoms with Crippen molar-refractivity contribution in [3.63, 3.8) is 0 Å². The Morgan fingerprint density at radius 3 is 2.37 bits per heavy atom. The van der Waals surface area contributed by atoms with Crippen LogP contribution < -0.4 is 10.5 Å². The van der Waals surface area contributed by atoms with E-state index in [0.29, 0.717) is 5.69 Å². The second kappa shape index (κ2) is 8.03. The number of carbonyl (C=O) groups is 1. The molecule has 1 aromatic heterocycles. The third kappa shape index (κ3) is 3.80. The van der Waals surface area contributed by atoms with Crippen molar-refractivity contribution in [2.75, 3.05) is 4.90 Å². The Morgan fingerprint density at radius 1 is 1.15 bits per heavy atom. The number of nitrogens with zero attached hydrogens (tertiary/aromatic N) is 3. The summed E-state index contributed by atoms with van der Waals surface area (Å²) < 4.78 is 9.14. The van der Waals surface area contributed by atoms with Crippen LogP contribution in [0.2, 0.25) is 0 Å². The molecule has 1 aliphatic rings. The molecule has 1 fully saturated rings. The van der Waals surface area contributed by atoms with Crippen LogP contribution in [-0.4, -0.2) is 27.6 Å². The number of carbonyl (C=O) groups excluding carboxylic acids is 1. The number of para-hydroxylation sites is 1. The number of amides is 1. The van der Waals surface area contributed by atoms with E-state index in [1.54, 1.807) is 9.36 Å². The van der Waals surface area contributed by atoms with Crippen molar-refractivity contribution in [1.82, 2.24) is 9.36 Å². The highest BCUT2D eigenvalue weighted by Gasteiger charge is 2.31. The standard InChI is InChI=1S/C21H29N3O3/c1-15(2)23(21(26)27-18-13-9-6-10-14-18)19-16(3)22(4)24(20(19)25)17-11-7-5-8-12-17/h5,7-8,11-12,15,18H,6,9-10,13-14H2,1-4H3. The van der Waals surface area contributed by atoms with Gasteiger partial charge in [0.15, 0.2) is 0 Å². The topological polar surface area (TPSA) is 56.5 Å². The summed E-state index contributed by atoms with van der Waals surface area (Å²) in [5, 5.41) is 0. The van der Waals surface area contributed by atoms with E-state index in [4.69, 9.17) is 4.74 Å². The van der Waals surface area contributed by atoms with Gasteiger partial charge in [-0.3, -0.25) is 14.4 Å². The van der Waals surface area contributed by atoms with E-state index in [-0.39, 0.29) is 17.7 Å². The first kappa shape index (κ1) is 19.3. The van der Waals surface area contributed by atoms with Crippen molar-refractivity contribution < 1.29 is 9.53 Å². The highest BCUT2D eigenvalue weighted by molar-refractivity contribution is 5.89. The molecular formula is C21H29N3O3. The summed E-state index contributed by atoms with van der Waals surface area (Å²) in [6, 6.07) is 9.27. The van der Waals surface area contributed by atoms with Gasteiger partial charge in [0.2, 0.25) is 0 Å². The first-order valence-electron chi connectivity index (χ1n) is 9.75. The zero-order chi connectivity index (χ0) is 19.6. The zero-order valence-corrected chi connectivity index (χ0v) is 16.6. The summed E-state index contributed by atoms with van der Waals surface area (Å²) in [5.74, 6) is 0. The third-order valence-electron chi connectivity index (χ3n) is 5.30. The van der Waals surface area contributed by atoms with E-state index in [9.17, 15) is 9.59 Å². The fraction of sp³-hybridized carbons (Fsp3) is 0.524. The van der Waals surface area contributed by atoms with Gasteiger partial charge in [0.1, 0.15) is 11.8 Å². The van der Waals surface area contributed by atoms with Crippen LogP contribution in [0.3, 0.4) is 0 Å². The van der Waals surface area contributed by atoms with Crippen LogP contribution in [0.1, 0.15) is 51.6 Å². The van der Waals surface area contributed by atoms with Crippen LogP contribution in [0.25, 0.3) is 5.69 Å². The van der Waals surface area contributed by atoms with Crippen molar-refractivity contribution in [2.45, 2.75) is 65.0 Å². The molecule has 2 aromatic rings. The van der Waals surface area contributed by atoms with Gasteiger partial charge >= 0.3 is 6.09 Å². The Balaban J connectivity index is 1.99. The van der Waals surface area contributed by atoms with Crippen LogP contribution in [0.15, 0.2) is 35.1 Å². The van der Waals surface area contributed by atoms with E-state index in [1.807, 2.05) is 58.2 Å². The minimum Gasteiger partial charge on any atom is -0.446 e. The lowest BCUT2D eigenvalue weighted by Gasteiger charge is -2.29. The van der Waals surface area contributed by atoms with E-state index in [1.165, 1.54) is 11.3 Å². The normalized spacial score (nSPS) is 15.1. The molecule has 0 unspecified atom stereocenters. The number of ether oxygens (including phenoxy) is 1. The molecule has 1 heterocycles. The lowest BCUT2D eigenvalue weighted by Crippen LogP contribution is -2.42. The summed E-state index contributed by atoms with van der Waals surface area (Å²) in [6.07, 6.45) is 4.70. The summed E-state index contributed by atoms with van der Waals surface area (Å²) in [6.45, 7) is 5.67. The molecule has 1 aromatic carbocycles. The Labute approximate surface area is 160 Å². The Kier molecular flexibility index (Phi) is 5.73. The maximum atomic E-state index is 13.2. The quantitative estimate of drug-likeness (QED) is 0.810. The fourth-order valence-electron chi connectivity index (χ4n) is 3.77. The predicted molar refractivity (Wildman–Crippen MR) is 107 cm³/mol. The zero-order valence-electron chi connectivity index (χ0n) is 16.6. The number of anilines is 1. The van der Waals surface area contributed by atoms with E-state index in [0.717, 1.165) is 37.1 Å². The summed E-state index contributed by atoms with van der Waals surface area (Å²) in [4.78, 5) is 27.7. The molecule has 0 atom stereocenters. The maximum Gasteiger partial charge on any atom is 0.415 e. The first-order chi connectivity index (χ1) is 12.9. The number of rotatable bonds is 4. The summed E-state index contributed by atoms with van der Waals surface area (Å²) in [5.41, 5.74) is 1.68. The van der Waals surface area contributed by atoms with Crippen LogP contribution >= 0.6 is 0 Å². The van der Waals surface area contributed by atoms with E-state index in [2.05, 4.69) is 0 Å². The number of aromatic nitrogens is 2. The predicted octanol–water partition coefficient (Wildman–Crippen LogP) is 4.17. The fourth-order valence-corrected chi connectivity index (χ4v) is 3.77. The molecule has 3 rings (SSSR count). The molecule has 0 aliphatic heterocycles. The molecule has 6 nitrogen and oxygen atoms in total. The highest BCUT2D eigenvalue weighted by Crippen LogP contribution is 2.25. The van der Waals surface area contributed by atoms with Gasteiger partial charge in [0.25, 0.3) is 5.56 Å². The summed E-state index contributed by atoms with van der Waals surface area (Å²) in [7, 11) is 1.83. The van der Waals surface area contributed by atoms with Gasteiger partial charge in [-0.2, -0.15) is 0 Å². The monoisotopic (exact) mass is 371 g/mol. The highest BCUT2D eigenvalue weighted by atomic mass is 16.6. The Hall–Kier alpha value is -2.50. The minimum absolute atomic E-state index is 0.0483. The molecule has 0 saturated heterocycles. The summed E-state index contributed by atoms with van der Waals surface area (Å²) >= 11 is 0. The van der Waals surface area contributed by atoms with Gasteiger partial charge in [-0.15, -0.1) is 0 Å². The molecule has 6 heteroatoms. The average Bonchev–Trinajstić information content (AvgIpc) is 2.87. The van der Waals surface area contributed by atoms with Crippen molar-refractivity contribution in [2.24, 2.45) is 7.05 Å². The molecule has 1 aliphatic carbocycles. The van der Waals surface area contributed by atoms with E-state index < -0.39 is 6.09 Å². The molecule has 146 valence electrons. The third-order valence-corrected chi connectivity index (χ3v) is 5.30. The van der Waals surface area contributed by atoms with Crippen molar-refractivity contribution in [3.8, 4) is 5.69 Å². The second-order valence-corrected chi connectivity index (χ2v) is 7.52. The van der Waals surface area contributed by atoms with Crippen LogP contribution in [0.4, 0.5) is 10.5 Å². The molecule has 0 N–H and O–H groups in total. The second-order valence-electron chi connectivity index (χ2n) is 7.52. The number of hydrogen-bond acceptors (Lipinski definition) is 3. The molecule has 1 saturated carbocycles. The van der Waals surface area contributed by atoms with Crippen LogP contribution in [-0.2, 0) is 11.8 Å². The van der Waals surface area contributed by atoms with Gasteiger partial charge in [-0.05, 0) is 58.6 Å². The van der Waals surface area contributed by atoms with E-state index >= 15 is 0 Å². The Bertz CT molecular complexity index is 846. The van der Waals surface area contributed by atoms with Gasteiger partial charge in [0, 0.05) is 13.1 Å². The van der Waals surface area contributed by atoms with Crippen molar-refractivity contribution in [1.29, 1.82) is 0 Å². The minimum atomic E-state index is -0.428. The van der Waals surface area contributed by atoms with Crippen molar-refractivity contribution in [3.05, 3.63) is 46.4 Å². The first-order valence-corrected chi connectivity index (χ1v) is 9.75. The lowest BCUT2D eigenvalue weighted by atomic mass is 9.98. The molecule has 27 heavy (non-hydrogen) atoms. The average molecular weight is 371 g/mol. The van der Waals surface area contributed by atoms with Gasteiger partial charge in [-0.1, -0.05) is 24.6 Å². The van der Waals surface area contributed by atoms with Gasteiger partial charge in [0.05, 0.1) is 11.4 Å². The smallest absolute Gasteiger partial charge is 0.415 e. The van der Waals surface area contributed by atoms with Gasteiger partial charge in [-0.25, -0.2) is 9.48 Å². The largest absolute Gasteiger partial charge is 0.446 e. The van der Waals surface area contributed by atoms with Crippen molar-refractivity contribution >= 4 is 11.8 Å². The molecule has 1 amide bonds. The molecular weight excluding hydrogens is 342 g/mol. The van der Waals surface area contributed by atoms with Crippen LogP contribution in [0, 0.1) is 6.92 Å².